The maximum absolute atomic E-state index is 11.3. The normalized spacial score (nSPS) is 11.7. The van der Waals surface area contributed by atoms with Gasteiger partial charge in [0.05, 0.1) is 12.8 Å². The summed E-state index contributed by atoms with van der Waals surface area (Å²) in [4.78, 5) is 11.3. The van der Waals surface area contributed by atoms with Gasteiger partial charge in [0.2, 0.25) is 5.91 Å². The van der Waals surface area contributed by atoms with Crippen molar-refractivity contribution in [1.29, 1.82) is 0 Å². The van der Waals surface area contributed by atoms with E-state index in [-0.39, 0.29) is 11.9 Å². The molecule has 1 aromatic rings. The predicted octanol–water partition coefficient (Wildman–Crippen LogP) is 1.24. The van der Waals surface area contributed by atoms with Crippen LogP contribution in [0.15, 0.2) is 24.3 Å². The highest BCUT2D eigenvalue weighted by Crippen LogP contribution is 2.23. The summed E-state index contributed by atoms with van der Waals surface area (Å²) in [7, 11) is 3.22. The average molecular weight is 208 g/mol. The number of hydrogen-bond acceptors (Lipinski definition) is 3. The van der Waals surface area contributed by atoms with Crippen molar-refractivity contribution in [3.05, 3.63) is 24.3 Å². The Morgan fingerprint density at radius 3 is 2.67 bits per heavy atom. The average Bonchev–Trinajstić information content (AvgIpc) is 2.28. The molecular formula is C11H16N2O2. The molecule has 0 unspecified atom stereocenters. The minimum atomic E-state index is -0.286. The molecule has 0 saturated carbocycles. The first-order valence-electron chi connectivity index (χ1n) is 4.80. The second-order valence-corrected chi connectivity index (χ2v) is 3.18. The lowest BCUT2D eigenvalue weighted by molar-refractivity contribution is -0.121. The highest BCUT2D eigenvalue weighted by molar-refractivity contribution is 5.84. The number of carbonyl (C=O) groups is 1. The number of nitrogens with one attached hydrogen (secondary N) is 2. The first-order chi connectivity index (χ1) is 7.19. The van der Waals surface area contributed by atoms with Gasteiger partial charge in [-0.25, -0.2) is 0 Å². The van der Waals surface area contributed by atoms with Gasteiger partial charge >= 0.3 is 0 Å². The van der Waals surface area contributed by atoms with Crippen molar-refractivity contribution >= 4 is 11.6 Å². The molecule has 0 saturated heterocycles. The van der Waals surface area contributed by atoms with Crippen LogP contribution in [0, 0.1) is 0 Å². The van der Waals surface area contributed by atoms with Crippen molar-refractivity contribution in [2.75, 3.05) is 19.5 Å². The molecular weight excluding hydrogens is 192 g/mol. The highest BCUT2D eigenvalue weighted by Gasteiger charge is 2.12. The number of ether oxygens (including phenoxy) is 1. The predicted molar refractivity (Wildman–Crippen MR) is 60.1 cm³/mol. The fraction of sp³-hybridized carbons (Fsp3) is 0.364. The van der Waals surface area contributed by atoms with Crippen LogP contribution in [0.5, 0.6) is 5.75 Å². The van der Waals surface area contributed by atoms with E-state index in [0.717, 1.165) is 11.4 Å². The number of hydrogen-bond donors (Lipinski definition) is 2. The van der Waals surface area contributed by atoms with Gasteiger partial charge in [-0.05, 0) is 19.1 Å². The topological polar surface area (TPSA) is 50.4 Å². The molecule has 4 heteroatoms. The Hall–Kier alpha value is -1.71. The lowest BCUT2D eigenvalue weighted by Gasteiger charge is -2.15. The number of carbonyl (C=O) groups excluding carboxylic acids is 1. The Balaban J connectivity index is 2.75. The fourth-order valence-corrected chi connectivity index (χ4v) is 1.28. The Kier molecular flexibility index (Phi) is 3.97. The van der Waals surface area contributed by atoms with E-state index in [1.165, 1.54) is 0 Å². The van der Waals surface area contributed by atoms with E-state index in [0.29, 0.717) is 0 Å². The zero-order valence-electron chi connectivity index (χ0n) is 9.20. The second-order valence-electron chi connectivity index (χ2n) is 3.18. The van der Waals surface area contributed by atoms with E-state index in [9.17, 15) is 4.79 Å². The monoisotopic (exact) mass is 208 g/mol. The summed E-state index contributed by atoms with van der Waals surface area (Å²) in [6, 6.07) is 7.21. The summed E-state index contributed by atoms with van der Waals surface area (Å²) in [5.41, 5.74) is 0.816. The smallest absolute Gasteiger partial charge is 0.241 e. The quantitative estimate of drug-likeness (QED) is 0.782. The number of benzene rings is 1. The zero-order valence-corrected chi connectivity index (χ0v) is 9.20. The minimum absolute atomic E-state index is 0.0547. The number of anilines is 1. The van der Waals surface area contributed by atoms with Crippen LogP contribution in [0.25, 0.3) is 0 Å². The molecule has 4 nitrogen and oxygen atoms in total. The standard InChI is InChI=1S/C11H16N2O2/c1-8(11(14)12-2)13-9-6-4-5-7-10(9)15-3/h4-8,13H,1-3H3,(H,12,14)/t8-/m1/s1. The molecule has 2 N–H and O–H groups in total. The Morgan fingerprint density at radius 2 is 2.07 bits per heavy atom. The molecule has 0 radical (unpaired) electrons. The number of amides is 1. The molecule has 1 atom stereocenters. The van der Waals surface area contributed by atoms with Gasteiger partial charge in [-0.2, -0.15) is 0 Å². The first kappa shape index (κ1) is 11.4. The van der Waals surface area contributed by atoms with E-state index < -0.39 is 0 Å². The SMILES string of the molecule is CNC(=O)[C@@H](C)Nc1ccccc1OC. The van der Waals surface area contributed by atoms with Crippen LogP contribution in [0.3, 0.4) is 0 Å². The number of methoxy groups -OCH3 is 1. The molecule has 0 aliphatic carbocycles. The van der Waals surface area contributed by atoms with Crippen LogP contribution in [0.4, 0.5) is 5.69 Å². The summed E-state index contributed by atoms with van der Waals surface area (Å²) in [6.07, 6.45) is 0. The molecule has 0 heterocycles. The molecule has 0 aliphatic rings. The molecule has 1 amide bonds. The van der Waals surface area contributed by atoms with Gasteiger partial charge in [0, 0.05) is 7.05 Å². The van der Waals surface area contributed by atoms with Crippen LogP contribution in [-0.4, -0.2) is 26.1 Å². The third kappa shape index (κ3) is 2.87. The largest absolute Gasteiger partial charge is 0.495 e. The summed E-state index contributed by atoms with van der Waals surface area (Å²) >= 11 is 0. The summed E-state index contributed by atoms with van der Waals surface area (Å²) in [5, 5.41) is 5.66. The lowest BCUT2D eigenvalue weighted by Crippen LogP contribution is -2.35. The van der Waals surface area contributed by atoms with Crippen molar-refractivity contribution in [2.45, 2.75) is 13.0 Å². The van der Waals surface area contributed by atoms with Crippen molar-refractivity contribution < 1.29 is 9.53 Å². The van der Waals surface area contributed by atoms with Crippen molar-refractivity contribution in [2.24, 2.45) is 0 Å². The van der Waals surface area contributed by atoms with Gasteiger partial charge in [0.15, 0.2) is 0 Å². The van der Waals surface area contributed by atoms with E-state index in [1.807, 2.05) is 24.3 Å². The molecule has 1 rings (SSSR count). The number of rotatable bonds is 4. The molecule has 15 heavy (non-hydrogen) atoms. The lowest BCUT2D eigenvalue weighted by atomic mass is 10.2. The summed E-state index contributed by atoms with van der Waals surface area (Å²) in [5.74, 6) is 0.675. The molecule has 0 fully saturated rings. The Labute approximate surface area is 89.6 Å². The van der Waals surface area contributed by atoms with Gasteiger partial charge in [0.1, 0.15) is 11.8 Å². The summed E-state index contributed by atoms with van der Waals surface area (Å²) in [6.45, 7) is 1.80. The molecule has 0 aliphatic heterocycles. The first-order valence-corrected chi connectivity index (χ1v) is 4.80. The fourth-order valence-electron chi connectivity index (χ4n) is 1.28. The highest BCUT2D eigenvalue weighted by atomic mass is 16.5. The van der Waals surface area contributed by atoms with Crippen molar-refractivity contribution in [3.8, 4) is 5.75 Å². The van der Waals surface area contributed by atoms with E-state index in [4.69, 9.17) is 4.74 Å². The molecule has 1 aromatic carbocycles. The second kappa shape index (κ2) is 5.24. The van der Waals surface area contributed by atoms with Gasteiger partial charge in [-0.3, -0.25) is 4.79 Å². The molecule has 0 spiro atoms. The van der Waals surface area contributed by atoms with Crippen LogP contribution in [-0.2, 0) is 4.79 Å². The van der Waals surface area contributed by atoms with E-state index >= 15 is 0 Å². The Bertz CT molecular complexity index is 339. The van der Waals surface area contributed by atoms with Crippen molar-refractivity contribution in [3.63, 3.8) is 0 Å². The van der Waals surface area contributed by atoms with Crippen LogP contribution in [0.1, 0.15) is 6.92 Å². The maximum Gasteiger partial charge on any atom is 0.241 e. The number of likely N-dealkylation sites (N-methyl/N-ethyl adjacent to an activating group) is 1. The van der Waals surface area contributed by atoms with E-state index in [2.05, 4.69) is 10.6 Å². The molecule has 0 bridgehead atoms. The Morgan fingerprint density at radius 1 is 1.40 bits per heavy atom. The van der Waals surface area contributed by atoms with Gasteiger partial charge in [-0.1, -0.05) is 12.1 Å². The molecule has 0 aromatic heterocycles. The third-order valence-corrected chi connectivity index (χ3v) is 2.12. The van der Waals surface area contributed by atoms with Crippen LogP contribution < -0.4 is 15.4 Å². The zero-order chi connectivity index (χ0) is 11.3. The van der Waals surface area contributed by atoms with Gasteiger partial charge < -0.3 is 15.4 Å². The minimum Gasteiger partial charge on any atom is -0.495 e. The van der Waals surface area contributed by atoms with Gasteiger partial charge in [0.25, 0.3) is 0 Å². The number of para-hydroxylation sites is 2. The van der Waals surface area contributed by atoms with Gasteiger partial charge in [-0.15, -0.1) is 0 Å². The maximum atomic E-state index is 11.3. The van der Waals surface area contributed by atoms with E-state index in [1.54, 1.807) is 21.1 Å². The third-order valence-electron chi connectivity index (χ3n) is 2.12. The van der Waals surface area contributed by atoms with Crippen LogP contribution >= 0.6 is 0 Å². The van der Waals surface area contributed by atoms with Crippen molar-refractivity contribution in [1.82, 2.24) is 5.32 Å². The molecule has 82 valence electrons. The summed E-state index contributed by atoms with van der Waals surface area (Å²) < 4.78 is 5.17. The van der Waals surface area contributed by atoms with Crippen LogP contribution in [0.2, 0.25) is 0 Å².